The van der Waals surface area contributed by atoms with E-state index in [1.165, 1.54) is 43.4 Å². The number of hydrogen-bond donors (Lipinski definition) is 1. The molecule has 1 N–H and O–H groups in total. The van der Waals surface area contributed by atoms with Gasteiger partial charge in [-0.15, -0.1) is 0 Å². The van der Waals surface area contributed by atoms with Gasteiger partial charge >= 0.3 is 5.97 Å². The van der Waals surface area contributed by atoms with Gasteiger partial charge in [-0.25, -0.2) is 9.18 Å². The Morgan fingerprint density at radius 1 is 1.20 bits per heavy atom. The highest BCUT2D eigenvalue weighted by Crippen LogP contribution is 2.14. The number of esters is 1. The monoisotopic (exact) mass is 412 g/mol. The summed E-state index contributed by atoms with van der Waals surface area (Å²) < 4.78 is 23.0. The van der Waals surface area contributed by atoms with Crippen LogP contribution in [0.15, 0.2) is 45.5 Å². The molecule has 0 bridgehead atoms. The number of likely N-dealkylation sites (N-methyl/N-ethyl adjacent to an activating group) is 1. The van der Waals surface area contributed by atoms with Crippen molar-refractivity contribution in [3.8, 4) is 0 Å². The standard InChI is InChI=1S/C16H14BrFN2O5/c1-20(8-14(21)19-11-4-2-10(18)3-5-11)15(22)9-24-16(23)12-6-7-13(17)25-12/h2-7H,8-9H2,1H3,(H,19,21). The number of halogens is 2. The third kappa shape index (κ3) is 5.71. The van der Waals surface area contributed by atoms with Gasteiger partial charge in [0.25, 0.3) is 5.91 Å². The maximum Gasteiger partial charge on any atom is 0.374 e. The van der Waals surface area contributed by atoms with Crippen LogP contribution in [0.3, 0.4) is 0 Å². The molecular formula is C16H14BrFN2O5. The summed E-state index contributed by atoms with van der Waals surface area (Å²) in [6.07, 6.45) is 0. The highest BCUT2D eigenvalue weighted by atomic mass is 79.9. The van der Waals surface area contributed by atoms with Crippen LogP contribution in [0.2, 0.25) is 0 Å². The molecule has 1 aromatic carbocycles. The molecule has 132 valence electrons. The number of nitrogens with zero attached hydrogens (tertiary/aromatic N) is 1. The predicted octanol–water partition coefficient (Wildman–Crippen LogP) is 2.44. The van der Waals surface area contributed by atoms with Crippen molar-refractivity contribution in [1.82, 2.24) is 4.90 Å². The molecule has 1 aromatic heterocycles. The van der Waals surface area contributed by atoms with Crippen LogP contribution in [-0.2, 0) is 14.3 Å². The minimum Gasteiger partial charge on any atom is -0.450 e. The second kappa shape index (κ2) is 8.43. The molecule has 0 spiro atoms. The first kappa shape index (κ1) is 18.7. The van der Waals surface area contributed by atoms with Crippen molar-refractivity contribution in [3.05, 3.63) is 52.6 Å². The Morgan fingerprint density at radius 3 is 2.48 bits per heavy atom. The molecule has 0 aliphatic carbocycles. The van der Waals surface area contributed by atoms with Crippen molar-refractivity contribution in [3.63, 3.8) is 0 Å². The molecule has 2 aromatic rings. The molecule has 9 heteroatoms. The lowest BCUT2D eigenvalue weighted by Gasteiger charge is -2.16. The maximum atomic E-state index is 12.8. The number of amides is 2. The molecule has 0 atom stereocenters. The summed E-state index contributed by atoms with van der Waals surface area (Å²) in [5.41, 5.74) is 0.405. The number of ether oxygens (including phenoxy) is 1. The molecular weight excluding hydrogens is 399 g/mol. The third-order valence-electron chi connectivity index (χ3n) is 3.04. The Labute approximate surface area is 150 Å². The first-order valence-corrected chi connectivity index (χ1v) is 7.86. The van der Waals surface area contributed by atoms with Gasteiger partial charge < -0.3 is 19.4 Å². The first-order chi connectivity index (χ1) is 11.8. The van der Waals surface area contributed by atoms with E-state index in [1.54, 1.807) is 0 Å². The lowest BCUT2D eigenvalue weighted by atomic mass is 10.3. The van der Waals surface area contributed by atoms with E-state index in [4.69, 9.17) is 9.15 Å². The number of benzene rings is 1. The van der Waals surface area contributed by atoms with Crippen LogP contribution in [0.25, 0.3) is 0 Å². The van der Waals surface area contributed by atoms with E-state index >= 15 is 0 Å². The summed E-state index contributed by atoms with van der Waals surface area (Å²) in [5.74, 6) is -2.28. The lowest BCUT2D eigenvalue weighted by molar-refractivity contribution is -0.136. The normalized spacial score (nSPS) is 10.2. The molecule has 25 heavy (non-hydrogen) atoms. The Bertz CT molecular complexity index is 775. The quantitative estimate of drug-likeness (QED) is 0.735. The van der Waals surface area contributed by atoms with Crippen LogP contribution in [0, 0.1) is 5.82 Å². The van der Waals surface area contributed by atoms with Crippen molar-refractivity contribution in [2.45, 2.75) is 0 Å². The average molecular weight is 413 g/mol. The van der Waals surface area contributed by atoms with Crippen LogP contribution in [-0.4, -0.2) is 42.9 Å². The number of carbonyl (C=O) groups is 3. The molecule has 0 aliphatic heterocycles. The lowest BCUT2D eigenvalue weighted by Crippen LogP contribution is -2.37. The maximum absolute atomic E-state index is 12.8. The van der Waals surface area contributed by atoms with Crippen molar-refractivity contribution in [2.75, 3.05) is 25.5 Å². The second-order valence-electron chi connectivity index (χ2n) is 4.98. The molecule has 0 fully saturated rings. The largest absolute Gasteiger partial charge is 0.450 e. The number of carbonyl (C=O) groups excluding carboxylic acids is 3. The minimum atomic E-state index is -0.789. The molecule has 0 saturated carbocycles. The fourth-order valence-corrected chi connectivity index (χ4v) is 2.08. The van der Waals surface area contributed by atoms with E-state index < -0.39 is 30.2 Å². The average Bonchev–Trinajstić information content (AvgIpc) is 3.00. The highest BCUT2D eigenvalue weighted by Gasteiger charge is 2.17. The molecule has 0 unspecified atom stereocenters. The highest BCUT2D eigenvalue weighted by molar-refractivity contribution is 9.10. The number of nitrogens with one attached hydrogen (secondary N) is 1. The predicted molar refractivity (Wildman–Crippen MR) is 89.4 cm³/mol. The molecule has 0 radical (unpaired) electrons. The van der Waals surface area contributed by atoms with Crippen LogP contribution in [0.5, 0.6) is 0 Å². The molecule has 0 saturated heterocycles. The zero-order chi connectivity index (χ0) is 18.4. The molecule has 2 rings (SSSR count). The summed E-state index contributed by atoms with van der Waals surface area (Å²) in [6.45, 7) is -0.780. The molecule has 7 nitrogen and oxygen atoms in total. The van der Waals surface area contributed by atoms with Crippen molar-refractivity contribution >= 4 is 39.4 Å². The van der Waals surface area contributed by atoms with Crippen molar-refractivity contribution < 1.29 is 27.9 Å². The fourth-order valence-electron chi connectivity index (χ4n) is 1.77. The van der Waals surface area contributed by atoms with E-state index in [9.17, 15) is 18.8 Å². The zero-order valence-electron chi connectivity index (χ0n) is 13.1. The van der Waals surface area contributed by atoms with Gasteiger partial charge in [-0.2, -0.15) is 0 Å². The van der Waals surface area contributed by atoms with Crippen LogP contribution < -0.4 is 5.32 Å². The van der Waals surface area contributed by atoms with Crippen molar-refractivity contribution in [1.29, 1.82) is 0 Å². The van der Waals surface area contributed by atoms with E-state index in [0.29, 0.717) is 10.4 Å². The van der Waals surface area contributed by atoms with Gasteiger partial charge in [0.15, 0.2) is 11.3 Å². The summed E-state index contributed by atoms with van der Waals surface area (Å²) >= 11 is 3.05. The number of furan rings is 1. The Morgan fingerprint density at radius 2 is 1.88 bits per heavy atom. The summed E-state index contributed by atoms with van der Waals surface area (Å²) in [5, 5.41) is 2.52. The molecule has 1 heterocycles. The van der Waals surface area contributed by atoms with Gasteiger partial charge in [-0.05, 0) is 52.3 Å². The molecule has 2 amide bonds. The summed E-state index contributed by atoms with van der Waals surface area (Å²) in [4.78, 5) is 36.5. The summed E-state index contributed by atoms with van der Waals surface area (Å²) in [7, 11) is 1.39. The van der Waals surface area contributed by atoms with E-state index in [-0.39, 0.29) is 12.3 Å². The number of hydrogen-bond acceptors (Lipinski definition) is 5. The molecule has 0 aliphatic rings. The van der Waals surface area contributed by atoms with E-state index in [1.807, 2.05) is 0 Å². The number of rotatable bonds is 6. The second-order valence-corrected chi connectivity index (χ2v) is 5.77. The van der Waals surface area contributed by atoms with Gasteiger partial charge in [0.05, 0.1) is 6.54 Å². The first-order valence-electron chi connectivity index (χ1n) is 7.07. The van der Waals surface area contributed by atoms with E-state index in [0.717, 1.165) is 4.90 Å². The minimum absolute atomic E-state index is 0.0450. The van der Waals surface area contributed by atoms with Gasteiger partial charge in [0.2, 0.25) is 11.7 Å². The van der Waals surface area contributed by atoms with Crippen LogP contribution in [0.4, 0.5) is 10.1 Å². The zero-order valence-corrected chi connectivity index (χ0v) is 14.7. The number of anilines is 1. The Balaban J connectivity index is 1.78. The van der Waals surface area contributed by atoms with Gasteiger partial charge in [-0.1, -0.05) is 0 Å². The fraction of sp³-hybridized carbons (Fsp3) is 0.188. The SMILES string of the molecule is CN(CC(=O)Nc1ccc(F)cc1)C(=O)COC(=O)c1ccc(Br)o1. The summed E-state index contributed by atoms with van der Waals surface area (Å²) in [6, 6.07) is 8.13. The van der Waals surface area contributed by atoms with Gasteiger partial charge in [0, 0.05) is 12.7 Å². The topological polar surface area (TPSA) is 88.9 Å². The Kier molecular flexibility index (Phi) is 6.29. The van der Waals surface area contributed by atoms with E-state index in [2.05, 4.69) is 21.2 Å². The smallest absolute Gasteiger partial charge is 0.374 e. The van der Waals surface area contributed by atoms with Gasteiger partial charge in [-0.3, -0.25) is 9.59 Å². The van der Waals surface area contributed by atoms with Crippen molar-refractivity contribution in [2.24, 2.45) is 0 Å². The van der Waals surface area contributed by atoms with Gasteiger partial charge in [0.1, 0.15) is 5.82 Å². The van der Waals surface area contributed by atoms with Crippen LogP contribution >= 0.6 is 15.9 Å². The third-order valence-corrected chi connectivity index (χ3v) is 3.46. The van der Waals surface area contributed by atoms with Crippen LogP contribution in [0.1, 0.15) is 10.6 Å². The Hall–Kier alpha value is -2.68.